The average molecular weight is 425 g/mol. The molecule has 5 rings (SSSR count). The molecule has 0 saturated heterocycles. The number of hydrogen-bond acceptors (Lipinski definition) is 3. The molecule has 2 aromatic carbocycles. The summed E-state index contributed by atoms with van der Waals surface area (Å²) in [5, 5.41) is 10.5. The highest BCUT2D eigenvalue weighted by Gasteiger charge is 2.24. The number of hydrogen-bond donors (Lipinski definition) is 0. The third-order valence-corrected chi connectivity index (χ3v) is 6.04. The van der Waals surface area contributed by atoms with Crippen LogP contribution in [0.2, 0.25) is 10.0 Å². The highest BCUT2D eigenvalue weighted by atomic mass is 35.5. The molecule has 0 bridgehead atoms. The van der Waals surface area contributed by atoms with Gasteiger partial charge >= 0.3 is 5.69 Å². The Hall–Kier alpha value is -2.63. The Morgan fingerprint density at radius 2 is 1.45 bits per heavy atom. The number of aromatic nitrogens is 4. The molecule has 0 spiro atoms. The van der Waals surface area contributed by atoms with E-state index in [2.05, 4.69) is 5.10 Å². The second-order valence-electron chi connectivity index (χ2n) is 7.35. The van der Waals surface area contributed by atoms with Crippen molar-refractivity contribution in [2.45, 2.75) is 31.7 Å². The van der Waals surface area contributed by atoms with Crippen LogP contribution >= 0.6 is 23.2 Å². The van der Waals surface area contributed by atoms with Crippen LogP contribution in [0.3, 0.4) is 0 Å². The van der Waals surface area contributed by atoms with Crippen LogP contribution < -0.4 is 5.69 Å². The Labute approximate surface area is 177 Å². The first-order chi connectivity index (χ1) is 14.1. The van der Waals surface area contributed by atoms with E-state index in [1.165, 1.54) is 4.52 Å². The molecule has 1 aliphatic carbocycles. The summed E-state index contributed by atoms with van der Waals surface area (Å²) in [6.45, 7) is 0. The fourth-order valence-electron chi connectivity index (χ4n) is 4.07. The van der Waals surface area contributed by atoms with Gasteiger partial charge in [0.05, 0.1) is 12.2 Å². The molecule has 5 nitrogen and oxygen atoms in total. The highest BCUT2D eigenvalue weighted by Crippen LogP contribution is 2.35. The molecule has 2 heterocycles. The topological polar surface area (TPSA) is 52.2 Å². The summed E-state index contributed by atoms with van der Waals surface area (Å²) in [4.78, 5) is 13.0. The van der Waals surface area contributed by atoms with E-state index in [4.69, 9.17) is 28.3 Å². The fraction of sp³-hybridized carbons (Fsp3) is 0.227. The maximum atomic E-state index is 13.0. The number of nitrogens with zero attached hydrogens (tertiary/aromatic N) is 4. The highest BCUT2D eigenvalue weighted by molar-refractivity contribution is 6.31. The van der Waals surface area contributed by atoms with Gasteiger partial charge in [0.1, 0.15) is 0 Å². The van der Waals surface area contributed by atoms with Gasteiger partial charge in [0, 0.05) is 21.2 Å². The zero-order chi connectivity index (χ0) is 20.0. The van der Waals surface area contributed by atoms with E-state index in [-0.39, 0.29) is 11.7 Å². The van der Waals surface area contributed by atoms with Gasteiger partial charge in [-0.1, -0.05) is 60.3 Å². The fourth-order valence-corrected chi connectivity index (χ4v) is 4.32. The first-order valence-corrected chi connectivity index (χ1v) is 10.4. The van der Waals surface area contributed by atoms with Crippen LogP contribution in [-0.4, -0.2) is 19.4 Å². The molecule has 0 radical (unpaired) electrons. The van der Waals surface area contributed by atoms with Gasteiger partial charge in [-0.2, -0.15) is 9.61 Å². The van der Waals surface area contributed by atoms with Gasteiger partial charge in [-0.3, -0.25) is 0 Å². The Morgan fingerprint density at radius 1 is 0.862 bits per heavy atom. The molecule has 0 atom stereocenters. The lowest BCUT2D eigenvalue weighted by Gasteiger charge is -2.11. The monoisotopic (exact) mass is 424 g/mol. The molecular weight excluding hydrogens is 407 g/mol. The molecule has 0 amide bonds. The largest absolute Gasteiger partial charge is 0.367 e. The van der Waals surface area contributed by atoms with E-state index >= 15 is 0 Å². The van der Waals surface area contributed by atoms with Crippen molar-refractivity contribution in [1.29, 1.82) is 0 Å². The molecule has 0 N–H and O–H groups in total. The Balaban J connectivity index is 1.80. The van der Waals surface area contributed by atoms with Crippen molar-refractivity contribution in [1.82, 2.24) is 19.4 Å². The Kier molecular flexibility index (Phi) is 4.64. The van der Waals surface area contributed by atoms with Crippen molar-refractivity contribution in [2.75, 3.05) is 0 Å². The molecule has 1 fully saturated rings. The molecule has 146 valence electrons. The molecule has 0 aliphatic heterocycles. The van der Waals surface area contributed by atoms with E-state index in [1.54, 1.807) is 10.9 Å². The van der Waals surface area contributed by atoms with Gasteiger partial charge in [-0.05, 0) is 48.2 Å². The van der Waals surface area contributed by atoms with Gasteiger partial charge in [0.15, 0.2) is 5.65 Å². The zero-order valence-corrected chi connectivity index (χ0v) is 17.1. The summed E-state index contributed by atoms with van der Waals surface area (Å²) in [6.07, 6.45) is 5.92. The Bertz CT molecular complexity index is 1240. The van der Waals surface area contributed by atoms with E-state index in [0.717, 1.165) is 47.9 Å². The van der Waals surface area contributed by atoms with Crippen LogP contribution in [0.1, 0.15) is 31.7 Å². The second kappa shape index (κ2) is 7.32. The molecule has 4 aromatic rings. The number of halogens is 2. The summed E-state index contributed by atoms with van der Waals surface area (Å²) in [7, 11) is 0. The van der Waals surface area contributed by atoms with Crippen LogP contribution in [0.15, 0.2) is 59.5 Å². The minimum atomic E-state index is -0.190. The van der Waals surface area contributed by atoms with Crippen LogP contribution in [0.25, 0.3) is 27.9 Å². The summed E-state index contributed by atoms with van der Waals surface area (Å²) < 4.78 is 3.02. The SMILES string of the molecule is O=c1n(C2CCCC2)nc2c(-c3ccc(Cl)cc3)c(-c3ccc(Cl)cc3)cnn12. The number of benzene rings is 2. The van der Waals surface area contributed by atoms with E-state index in [1.807, 2.05) is 48.5 Å². The molecule has 2 aromatic heterocycles. The van der Waals surface area contributed by atoms with Gasteiger partial charge in [0.2, 0.25) is 0 Å². The molecule has 0 unspecified atom stereocenters. The van der Waals surface area contributed by atoms with E-state index < -0.39 is 0 Å². The maximum Gasteiger partial charge on any atom is 0.367 e. The second-order valence-corrected chi connectivity index (χ2v) is 8.22. The minimum absolute atomic E-state index is 0.140. The average Bonchev–Trinajstić information content (AvgIpc) is 3.37. The van der Waals surface area contributed by atoms with Crippen molar-refractivity contribution >= 4 is 28.8 Å². The van der Waals surface area contributed by atoms with Crippen LogP contribution in [0.5, 0.6) is 0 Å². The van der Waals surface area contributed by atoms with Crippen molar-refractivity contribution in [3.8, 4) is 22.3 Å². The third kappa shape index (κ3) is 3.24. The summed E-state index contributed by atoms with van der Waals surface area (Å²) >= 11 is 12.2. The van der Waals surface area contributed by atoms with Gasteiger partial charge in [-0.25, -0.2) is 9.48 Å². The lowest BCUT2D eigenvalue weighted by Crippen LogP contribution is -2.25. The first-order valence-electron chi connectivity index (χ1n) is 9.64. The van der Waals surface area contributed by atoms with Crippen LogP contribution in [0.4, 0.5) is 0 Å². The normalized spacial score (nSPS) is 14.7. The van der Waals surface area contributed by atoms with Crippen LogP contribution in [0, 0.1) is 0 Å². The molecule has 1 saturated carbocycles. The van der Waals surface area contributed by atoms with Crippen molar-refractivity contribution in [2.24, 2.45) is 0 Å². The molecule has 29 heavy (non-hydrogen) atoms. The number of rotatable bonds is 3. The maximum absolute atomic E-state index is 13.0. The van der Waals surface area contributed by atoms with Gasteiger partial charge in [-0.15, -0.1) is 5.10 Å². The van der Waals surface area contributed by atoms with Crippen molar-refractivity contribution < 1.29 is 0 Å². The standard InChI is InChI=1S/C22H18Cl2N4O/c23-16-9-5-14(6-10-16)19-13-25-28-21(20(19)15-7-11-17(24)12-8-15)26-27(22(28)29)18-3-1-2-4-18/h5-13,18H,1-4H2. The first kappa shape index (κ1) is 18.4. The molecule has 7 heteroatoms. The van der Waals surface area contributed by atoms with E-state index in [9.17, 15) is 4.79 Å². The lowest BCUT2D eigenvalue weighted by atomic mass is 9.97. The van der Waals surface area contributed by atoms with Crippen molar-refractivity contribution in [3.63, 3.8) is 0 Å². The molecule has 1 aliphatic rings. The quantitative estimate of drug-likeness (QED) is 0.427. The van der Waals surface area contributed by atoms with Gasteiger partial charge in [0.25, 0.3) is 0 Å². The molecular formula is C22H18Cl2N4O. The van der Waals surface area contributed by atoms with Crippen LogP contribution in [-0.2, 0) is 0 Å². The van der Waals surface area contributed by atoms with Gasteiger partial charge < -0.3 is 0 Å². The van der Waals surface area contributed by atoms with Crippen molar-refractivity contribution in [3.05, 3.63) is 75.3 Å². The third-order valence-electron chi connectivity index (χ3n) is 5.53. The minimum Gasteiger partial charge on any atom is -0.244 e. The Morgan fingerprint density at radius 3 is 2.07 bits per heavy atom. The predicted molar refractivity (Wildman–Crippen MR) is 116 cm³/mol. The summed E-state index contributed by atoms with van der Waals surface area (Å²) in [6, 6.07) is 15.3. The van der Waals surface area contributed by atoms with E-state index in [0.29, 0.717) is 15.7 Å². The summed E-state index contributed by atoms with van der Waals surface area (Å²) in [5.74, 6) is 0. The number of fused-ring (bicyclic) bond motifs is 1. The lowest BCUT2D eigenvalue weighted by molar-refractivity contribution is 0.450. The smallest absolute Gasteiger partial charge is 0.244 e. The zero-order valence-electron chi connectivity index (χ0n) is 15.6. The predicted octanol–water partition coefficient (Wildman–Crippen LogP) is 5.65. The summed E-state index contributed by atoms with van der Waals surface area (Å²) in [5.41, 5.74) is 3.99.